The highest BCUT2D eigenvalue weighted by Gasteiger charge is 2.32. The van der Waals surface area contributed by atoms with Crippen molar-refractivity contribution in [2.45, 2.75) is 24.4 Å². The van der Waals surface area contributed by atoms with E-state index in [2.05, 4.69) is 15.3 Å². The van der Waals surface area contributed by atoms with Gasteiger partial charge in [0, 0.05) is 12.3 Å². The van der Waals surface area contributed by atoms with E-state index >= 15 is 0 Å². The van der Waals surface area contributed by atoms with Gasteiger partial charge >= 0.3 is 0 Å². The van der Waals surface area contributed by atoms with Gasteiger partial charge in [0.15, 0.2) is 5.16 Å². The van der Waals surface area contributed by atoms with Gasteiger partial charge in [0.1, 0.15) is 17.5 Å². The number of nitrogens with zero attached hydrogens (tertiary/aromatic N) is 1. The molecule has 23 heavy (non-hydrogen) atoms. The normalized spacial score (nSPS) is 16.8. The van der Waals surface area contributed by atoms with Crippen LogP contribution in [0.1, 0.15) is 30.4 Å². The molecule has 1 aliphatic heterocycles. The molecule has 0 radical (unpaired) electrons. The average Bonchev–Trinajstić information content (AvgIpc) is 2.48. The largest absolute Gasteiger partial charge is 0.310 e. The van der Waals surface area contributed by atoms with E-state index in [0.29, 0.717) is 10.9 Å². The first kappa shape index (κ1) is 15.7. The molecule has 0 aliphatic carbocycles. The third-order valence-electron chi connectivity index (χ3n) is 3.54. The summed E-state index contributed by atoms with van der Waals surface area (Å²) in [5.41, 5.74) is -0.335. The zero-order valence-corrected chi connectivity index (χ0v) is 13.0. The molecule has 8 heteroatoms. The Kier molecular flexibility index (Phi) is 4.16. The molecule has 1 aromatic carbocycles. The van der Waals surface area contributed by atoms with Crippen molar-refractivity contribution in [3.8, 4) is 0 Å². The number of anilines is 1. The smallest absolute Gasteiger partial charge is 0.257 e. The summed E-state index contributed by atoms with van der Waals surface area (Å²) in [6.07, 6.45) is -0.140. The van der Waals surface area contributed by atoms with Crippen LogP contribution in [0.5, 0.6) is 0 Å². The van der Waals surface area contributed by atoms with E-state index in [1.807, 2.05) is 6.92 Å². The number of thioether (sulfide) groups is 1. The molecule has 0 bridgehead atoms. The monoisotopic (exact) mass is 337 g/mol. The number of hydrogen-bond acceptors (Lipinski definition) is 4. The maximum Gasteiger partial charge on any atom is 0.257 e. The van der Waals surface area contributed by atoms with Gasteiger partial charge in [-0.1, -0.05) is 18.7 Å². The summed E-state index contributed by atoms with van der Waals surface area (Å²) >= 11 is 1.31. The Hall–Kier alpha value is -2.22. The van der Waals surface area contributed by atoms with Gasteiger partial charge in [-0.3, -0.25) is 9.59 Å². The fraction of sp³-hybridized carbons (Fsp3) is 0.267. The van der Waals surface area contributed by atoms with E-state index in [1.54, 1.807) is 0 Å². The van der Waals surface area contributed by atoms with E-state index in [-0.39, 0.29) is 23.4 Å². The third kappa shape index (κ3) is 2.98. The Morgan fingerprint density at radius 1 is 1.35 bits per heavy atom. The minimum atomic E-state index is -0.869. The lowest BCUT2D eigenvalue weighted by Gasteiger charge is -2.24. The van der Waals surface area contributed by atoms with Crippen molar-refractivity contribution in [2.24, 2.45) is 0 Å². The summed E-state index contributed by atoms with van der Waals surface area (Å²) in [4.78, 5) is 31.1. The highest BCUT2D eigenvalue weighted by atomic mass is 32.2. The van der Waals surface area contributed by atoms with Crippen LogP contribution in [0.2, 0.25) is 0 Å². The summed E-state index contributed by atoms with van der Waals surface area (Å²) in [7, 11) is 0. The number of benzene rings is 1. The fourth-order valence-electron chi connectivity index (χ4n) is 2.60. The van der Waals surface area contributed by atoms with E-state index in [1.165, 1.54) is 11.8 Å². The molecule has 0 unspecified atom stereocenters. The Bertz CT molecular complexity index is 838. The van der Waals surface area contributed by atoms with Crippen molar-refractivity contribution in [2.75, 3.05) is 11.1 Å². The Morgan fingerprint density at radius 2 is 2.13 bits per heavy atom. The molecule has 120 valence electrons. The van der Waals surface area contributed by atoms with Gasteiger partial charge in [0.05, 0.1) is 5.56 Å². The first-order valence-electron chi connectivity index (χ1n) is 7.01. The number of nitrogens with one attached hydrogen (secondary N) is 2. The first-order valence-corrected chi connectivity index (χ1v) is 8.00. The summed E-state index contributed by atoms with van der Waals surface area (Å²) in [6.45, 7) is 1.90. The number of halogens is 2. The van der Waals surface area contributed by atoms with E-state index in [9.17, 15) is 18.4 Å². The van der Waals surface area contributed by atoms with Crippen molar-refractivity contribution >= 4 is 23.5 Å². The van der Waals surface area contributed by atoms with Crippen LogP contribution >= 0.6 is 11.8 Å². The second-order valence-electron chi connectivity index (χ2n) is 5.04. The number of carbonyl (C=O) groups is 1. The fourth-order valence-corrected chi connectivity index (χ4v) is 3.20. The summed E-state index contributed by atoms with van der Waals surface area (Å²) < 4.78 is 27.5. The highest BCUT2D eigenvalue weighted by Crippen LogP contribution is 2.35. The number of amides is 1. The van der Waals surface area contributed by atoms with Gasteiger partial charge in [-0.15, -0.1) is 0 Å². The van der Waals surface area contributed by atoms with Crippen molar-refractivity contribution in [1.29, 1.82) is 0 Å². The quantitative estimate of drug-likeness (QED) is 0.667. The van der Waals surface area contributed by atoms with Gasteiger partial charge in [-0.25, -0.2) is 13.8 Å². The number of H-pyrrole nitrogens is 1. The second kappa shape index (κ2) is 6.11. The summed E-state index contributed by atoms with van der Waals surface area (Å²) in [5.74, 6) is -1.75. The number of aromatic nitrogens is 2. The molecule has 5 nitrogen and oxygen atoms in total. The van der Waals surface area contributed by atoms with Gasteiger partial charge in [0.25, 0.3) is 5.56 Å². The molecule has 3 rings (SSSR count). The third-order valence-corrected chi connectivity index (χ3v) is 4.30. The SMILES string of the molecule is CCSc1nc2c(c(=O)[nH]1)[C@H](c1cc(F)ccc1F)CC(=O)N2. The van der Waals surface area contributed by atoms with Crippen molar-refractivity contribution in [1.82, 2.24) is 9.97 Å². The highest BCUT2D eigenvalue weighted by molar-refractivity contribution is 7.99. The minimum Gasteiger partial charge on any atom is -0.310 e. The Labute approximate surface area is 134 Å². The van der Waals surface area contributed by atoms with E-state index in [0.717, 1.165) is 18.2 Å². The number of aromatic amines is 1. The van der Waals surface area contributed by atoms with Crippen molar-refractivity contribution < 1.29 is 13.6 Å². The lowest BCUT2D eigenvalue weighted by molar-refractivity contribution is -0.116. The Balaban J connectivity index is 2.17. The molecule has 0 fully saturated rings. The number of rotatable bonds is 3. The van der Waals surface area contributed by atoms with Gasteiger partial charge in [-0.05, 0) is 29.5 Å². The number of hydrogen-bond donors (Lipinski definition) is 2. The predicted molar refractivity (Wildman–Crippen MR) is 82.7 cm³/mol. The van der Waals surface area contributed by atoms with E-state index in [4.69, 9.17) is 0 Å². The lowest BCUT2D eigenvalue weighted by atomic mass is 9.86. The maximum atomic E-state index is 14.1. The van der Waals surface area contributed by atoms with Crippen LogP contribution in [0.3, 0.4) is 0 Å². The molecule has 1 atom stereocenters. The molecule has 1 aromatic heterocycles. The topological polar surface area (TPSA) is 74.8 Å². The summed E-state index contributed by atoms with van der Waals surface area (Å²) in [5, 5.41) is 2.91. The molecule has 1 aliphatic rings. The molecule has 2 N–H and O–H groups in total. The van der Waals surface area contributed by atoms with Crippen molar-refractivity contribution in [3.63, 3.8) is 0 Å². The molecule has 1 amide bonds. The number of fused-ring (bicyclic) bond motifs is 1. The first-order chi connectivity index (χ1) is 11.0. The molecular formula is C15H13F2N3O2S. The molecule has 0 spiro atoms. The zero-order chi connectivity index (χ0) is 16.6. The van der Waals surface area contributed by atoms with Crippen LogP contribution in [0.15, 0.2) is 28.2 Å². The molecule has 2 heterocycles. The van der Waals surface area contributed by atoms with Crippen LogP contribution in [0.25, 0.3) is 0 Å². The van der Waals surface area contributed by atoms with Crippen LogP contribution in [-0.2, 0) is 4.79 Å². The minimum absolute atomic E-state index is 0.0238. The van der Waals surface area contributed by atoms with Crippen LogP contribution in [0.4, 0.5) is 14.6 Å². The van der Waals surface area contributed by atoms with Gasteiger partial charge in [-0.2, -0.15) is 0 Å². The summed E-state index contributed by atoms with van der Waals surface area (Å²) in [6, 6.07) is 2.99. The van der Waals surface area contributed by atoms with E-state index < -0.39 is 29.0 Å². The zero-order valence-electron chi connectivity index (χ0n) is 12.2. The average molecular weight is 337 g/mol. The van der Waals surface area contributed by atoms with Crippen LogP contribution in [0, 0.1) is 11.6 Å². The van der Waals surface area contributed by atoms with Crippen LogP contribution in [-0.4, -0.2) is 21.6 Å². The second-order valence-corrected chi connectivity index (χ2v) is 6.29. The van der Waals surface area contributed by atoms with Gasteiger partial charge < -0.3 is 10.3 Å². The van der Waals surface area contributed by atoms with Gasteiger partial charge in [0.2, 0.25) is 5.91 Å². The Morgan fingerprint density at radius 3 is 2.87 bits per heavy atom. The standard InChI is InChI=1S/C15H13F2N3O2S/c1-2-23-15-19-13-12(14(22)20-15)9(6-11(21)18-13)8-5-7(16)3-4-10(8)17/h3-5,9H,2,6H2,1H3,(H2,18,19,20,21,22)/t9-/m0/s1. The molecule has 2 aromatic rings. The molecular weight excluding hydrogens is 324 g/mol. The predicted octanol–water partition coefficient (Wildman–Crippen LogP) is 2.63. The molecule has 0 saturated carbocycles. The lowest BCUT2D eigenvalue weighted by Crippen LogP contribution is -2.31. The molecule has 0 saturated heterocycles. The van der Waals surface area contributed by atoms with Crippen molar-refractivity contribution in [3.05, 3.63) is 51.3 Å². The number of carbonyl (C=O) groups excluding carboxylic acids is 1. The maximum absolute atomic E-state index is 14.1. The van der Waals surface area contributed by atoms with Crippen LogP contribution < -0.4 is 10.9 Å².